The molecule has 0 saturated carbocycles. The summed E-state index contributed by atoms with van der Waals surface area (Å²) >= 11 is 1.29. The minimum absolute atomic E-state index is 0.0283. The number of thioether (sulfide) groups is 1. The third-order valence-electron chi connectivity index (χ3n) is 3.95. The van der Waals surface area contributed by atoms with Gasteiger partial charge < -0.3 is 9.88 Å². The number of nitro groups is 1. The number of benzene rings is 1. The molecule has 0 aliphatic heterocycles. The van der Waals surface area contributed by atoms with Crippen molar-refractivity contribution in [3.05, 3.63) is 58.9 Å². The summed E-state index contributed by atoms with van der Waals surface area (Å²) in [4.78, 5) is 26.8. The van der Waals surface area contributed by atoms with Crippen molar-refractivity contribution in [1.82, 2.24) is 19.7 Å². The monoisotopic (exact) mass is 398 g/mol. The van der Waals surface area contributed by atoms with Crippen LogP contribution in [0.3, 0.4) is 0 Å². The zero-order chi connectivity index (χ0) is 20.1. The number of anilines is 1. The van der Waals surface area contributed by atoms with E-state index >= 15 is 0 Å². The number of nitro benzene ring substituents is 1. The number of carbonyl (C=O) groups excluding carboxylic acids is 1. The van der Waals surface area contributed by atoms with Crippen LogP contribution in [0.2, 0.25) is 0 Å². The fourth-order valence-electron chi connectivity index (χ4n) is 2.49. The lowest BCUT2D eigenvalue weighted by Crippen LogP contribution is -2.23. The Morgan fingerprint density at radius 2 is 2.04 bits per heavy atom. The topological polar surface area (TPSA) is 116 Å². The summed E-state index contributed by atoms with van der Waals surface area (Å²) in [5.41, 5.74) is 1.32. The SMILES string of the molecule is CCn1c(S[C@@H](C)C(=O)Nc2ccc([N+](=O)[O-])cc2)nnc1-c1cccnc1. The van der Waals surface area contributed by atoms with Crippen LogP contribution in [0.5, 0.6) is 0 Å². The molecule has 144 valence electrons. The first kappa shape index (κ1) is 19.5. The maximum Gasteiger partial charge on any atom is 0.269 e. The van der Waals surface area contributed by atoms with Crippen LogP contribution in [0.1, 0.15) is 13.8 Å². The molecule has 0 aliphatic carbocycles. The van der Waals surface area contributed by atoms with Crippen LogP contribution in [0.15, 0.2) is 53.9 Å². The number of nitrogens with one attached hydrogen (secondary N) is 1. The van der Waals surface area contributed by atoms with E-state index in [-0.39, 0.29) is 11.6 Å². The lowest BCUT2D eigenvalue weighted by atomic mass is 10.3. The predicted octanol–water partition coefficient (Wildman–Crippen LogP) is 3.39. The fourth-order valence-corrected chi connectivity index (χ4v) is 3.40. The van der Waals surface area contributed by atoms with Crippen LogP contribution in [0.25, 0.3) is 11.4 Å². The molecule has 0 fully saturated rings. The van der Waals surface area contributed by atoms with Gasteiger partial charge in [-0.15, -0.1) is 10.2 Å². The lowest BCUT2D eigenvalue weighted by Gasteiger charge is -2.12. The van der Waals surface area contributed by atoms with Gasteiger partial charge >= 0.3 is 0 Å². The van der Waals surface area contributed by atoms with Crippen molar-refractivity contribution in [3.8, 4) is 11.4 Å². The first-order valence-electron chi connectivity index (χ1n) is 8.55. The summed E-state index contributed by atoms with van der Waals surface area (Å²) < 4.78 is 1.93. The van der Waals surface area contributed by atoms with E-state index in [9.17, 15) is 14.9 Å². The van der Waals surface area contributed by atoms with Gasteiger partial charge in [0.25, 0.3) is 5.69 Å². The van der Waals surface area contributed by atoms with Crippen molar-refractivity contribution in [2.24, 2.45) is 0 Å². The van der Waals surface area contributed by atoms with E-state index in [4.69, 9.17) is 0 Å². The molecular formula is C18H18N6O3S. The average Bonchev–Trinajstić information content (AvgIpc) is 3.11. The zero-order valence-corrected chi connectivity index (χ0v) is 16.1. The van der Waals surface area contributed by atoms with Crippen LogP contribution in [0.4, 0.5) is 11.4 Å². The van der Waals surface area contributed by atoms with Gasteiger partial charge in [0.05, 0.1) is 10.2 Å². The first-order valence-corrected chi connectivity index (χ1v) is 9.43. The second-order valence-corrected chi connectivity index (χ2v) is 7.15. The predicted molar refractivity (Wildman–Crippen MR) is 106 cm³/mol. The average molecular weight is 398 g/mol. The molecule has 2 aromatic heterocycles. The van der Waals surface area contributed by atoms with E-state index in [1.807, 2.05) is 23.6 Å². The van der Waals surface area contributed by atoms with E-state index in [1.54, 1.807) is 19.3 Å². The number of amides is 1. The molecule has 1 N–H and O–H groups in total. The summed E-state index contributed by atoms with van der Waals surface area (Å²) in [7, 11) is 0. The van der Waals surface area contributed by atoms with Gasteiger partial charge in [-0.3, -0.25) is 19.9 Å². The molecule has 0 radical (unpaired) electrons. The Morgan fingerprint density at radius 1 is 1.29 bits per heavy atom. The Bertz CT molecular complexity index is 975. The van der Waals surface area contributed by atoms with E-state index < -0.39 is 10.2 Å². The van der Waals surface area contributed by atoms with E-state index in [1.165, 1.54) is 36.0 Å². The Kier molecular flexibility index (Phi) is 5.99. The summed E-state index contributed by atoms with van der Waals surface area (Å²) in [5, 5.41) is 22.1. The normalized spacial score (nSPS) is 11.8. The largest absolute Gasteiger partial charge is 0.325 e. The molecule has 9 nitrogen and oxygen atoms in total. The van der Waals surface area contributed by atoms with Crippen LogP contribution >= 0.6 is 11.8 Å². The number of hydrogen-bond donors (Lipinski definition) is 1. The van der Waals surface area contributed by atoms with Crippen molar-refractivity contribution in [2.45, 2.75) is 30.8 Å². The van der Waals surface area contributed by atoms with Crippen molar-refractivity contribution >= 4 is 29.0 Å². The molecule has 0 bridgehead atoms. The standard InChI is InChI=1S/C18H18N6O3S/c1-3-23-16(13-5-4-10-19-11-13)21-22-18(23)28-12(2)17(25)20-14-6-8-15(9-7-14)24(26)27/h4-12H,3H2,1-2H3,(H,20,25)/t12-/m0/s1. The summed E-state index contributed by atoms with van der Waals surface area (Å²) in [6.45, 7) is 4.40. The number of aromatic nitrogens is 4. The van der Waals surface area contributed by atoms with Crippen molar-refractivity contribution < 1.29 is 9.72 Å². The number of nitrogens with zero attached hydrogens (tertiary/aromatic N) is 5. The van der Waals surface area contributed by atoms with Crippen LogP contribution in [0, 0.1) is 10.1 Å². The molecule has 0 aliphatic rings. The van der Waals surface area contributed by atoms with Gasteiger partial charge in [0.15, 0.2) is 11.0 Å². The van der Waals surface area contributed by atoms with Gasteiger partial charge in [-0.2, -0.15) is 0 Å². The number of pyridine rings is 1. The summed E-state index contributed by atoms with van der Waals surface area (Å²) in [5.74, 6) is 0.466. The molecule has 1 atom stereocenters. The maximum atomic E-state index is 12.5. The van der Waals surface area contributed by atoms with Crippen LogP contribution in [-0.4, -0.2) is 35.8 Å². The Hall–Kier alpha value is -3.27. The molecule has 3 rings (SSSR count). The second kappa shape index (κ2) is 8.61. The van der Waals surface area contributed by atoms with Gasteiger partial charge in [-0.1, -0.05) is 11.8 Å². The highest BCUT2D eigenvalue weighted by atomic mass is 32.2. The molecule has 3 aromatic rings. The Morgan fingerprint density at radius 3 is 2.64 bits per heavy atom. The highest BCUT2D eigenvalue weighted by Gasteiger charge is 2.20. The molecule has 28 heavy (non-hydrogen) atoms. The molecular weight excluding hydrogens is 380 g/mol. The third-order valence-corrected chi connectivity index (χ3v) is 5.03. The van der Waals surface area contributed by atoms with Crippen molar-refractivity contribution in [3.63, 3.8) is 0 Å². The maximum absolute atomic E-state index is 12.5. The lowest BCUT2D eigenvalue weighted by molar-refractivity contribution is -0.384. The molecule has 2 heterocycles. The van der Waals surface area contributed by atoms with E-state index in [2.05, 4.69) is 20.5 Å². The minimum atomic E-state index is -0.485. The molecule has 0 saturated heterocycles. The molecule has 10 heteroatoms. The number of non-ortho nitro benzene ring substituents is 1. The number of rotatable bonds is 7. The minimum Gasteiger partial charge on any atom is -0.325 e. The molecule has 0 spiro atoms. The molecule has 1 aromatic carbocycles. The van der Waals surface area contributed by atoms with E-state index in [0.29, 0.717) is 23.2 Å². The number of carbonyl (C=O) groups is 1. The summed E-state index contributed by atoms with van der Waals surface area (Å²) in [6, 6.07) is 9.44. The van der Waals surface area contributed by atoms with Gasteiger partial charge in [0.1, 0.15) is 0 Å². The Labute approximate surface area is 165 Å². The molecule has 1 amide bonds. The van der Waals surface area contributed by atoms with Crippen LogP contribution < -0.4 is 5.32 Å². The van der Waals surface area contributed by atoms with Gasteiger partial charge in [-0.05, 0) is 38.1 Å². The quantitative estimate of drug-likeness (QED) is 0.368. The smallest absolute Gasteiger partial charge is 0.269 e. The first-order chi connectivity index (χ1) is 13.5. The number of hydrogen-bond acceptors (Lipinski definition) is 7. The third kappa shape index (κ3) is 4.34. The fraction of sp³-hybridized carbons (Fsp3) is 0.222. The summed E-state index contributed by atoms with van der Waals surface area (Å²) in [6.07, 6.45) is 3.41. The molecule has 0 unspecified atom stereocenters. The van der Waals surface area contributed by atoms with Crippen molar-refractivity contribution in [2.75, 3.05) is 5.32 Å². The second-order valence-electron chi connectivity index (χ2n) is 5.85. The zero-order valence-electron chi connectivity index (χ0n) is 15.3. The van der Waals surface area contributed by atoms with Gasteiger partial charge in [0.2, 0.25) is 5.91 Å². The van der Waals surface area contributed by atoms with Crippen LogP contribution in [-0.2, 0) is 11.3 Å². The van der Waals surface area contributed by atoms with Crippen molar-refractivity contribution in [1.29, 1.82) is 0 Å². The van der Waals surface area contributed by atoms with Gasteiger partial charge in [-0.25, -0.2) is 0 Å². The highest BCUT2D eigenvalue weighted by Crippen LogP contribution is 2.27. The van der Waals surface area contributed by atoms with Gasteiger partial charge in [0, 0.05) is 42.3 Å². The Balaban J connectivity index is 1.70. The van der Waals surface area contributed by atoms with E-state index in [0.717, 1.165) is 5.56 Å². The highest BCUT2D eigenvalue weighted by molar-refractivity contribution is 8.00.